The zero-order chi connectivity index (χ0) is 15.2. The SMILES string of the molecule is COc1cc2c(c(C)c1C=O)C(C)(C)C(C)C2C(C)C. The van der Waals surface area contributed by atoms with Crippen molar-refractivity contribution in [3.05, 3.63) is 28.3 Å². The van der Waals surface area contributed by atoms with Crippen LogP contribution in [0, 0.1) is 18.8 Å². The van der Waals surface area contributed by atoms with Crippen molar-refractivity contribution in [1.29, 1.82) is 0 Å². The van der Waals surface area contributed by atoms with Crippen molar-refractivity contribution < 1.29 is 9.53 Å². The fourth-order valence-corrected chi connectivity index (χ4v) is 4.14. The summed E-state index contributed by atoms with van der Waals surface area (Å²) in [7, 11) is 1.64. The third kappa shape index (κ3) is 1.88. The lowest BCUT2D eigenvalue weighted by Gasteiger charge is -2.30. The van der Waals surface area contributed by atoms with Gasteiger partial charge in [0.1, 0.15) is 5.75 Å². The van der Waals surface area contributed by atoms with Crippen LogP contribution in [0.3, 0.4) is 0 Å². The predicted molar refractivity (Wildman–Crippen MR) is 82.9 cm³/mol. The molecule has 0 saturated carbocycles. The molecule has 2 nitrogen and oxygen atoms in total. The molecule has 1 aromatic rings. The van der Waals surface area contributed by atoms with E-state index in [1.54, 1.807) is 7.11 Å². The molecule has 20 heavy (non-hydrogen) atoms. The summed E-state index contributed by atoms with van der Waals surface area (Å²) in [6.07, 6.45) is 0.928. The van der Waals surface area contributed by atoms with E-state index < -0.39 is 0 Å². The molecule has 0 aliphatic heterocycles. The normalized spacial score (nSPS) is 23.8. The van der Waals surface area contributed by atoms with Crippen molar-refractivity contribution in [3.63, 3.8) is 0 Å². The average molecular weight is 274 g/mol. The number of hydrogen-bond acceptors (Lipinski definition) is 2. The van der Waals surface area contributed by atoms with Crippen molar-refractivity contribution in [3.8, 4) is 5.75 Å². The fourth-order valence-electron chi connectivity index (χ4n) is 4.14. The van der Waals surface area contributed by atoms with E-state index in [1.165, 1.54) is 11.1 Å². The van der Waals surface area contributed by atoms with Gasteiger partial charge in [-0.05, 0) is 52.8 Å². The van der Waals surface area contributed by atoms with Crippen LogP contribution in [0.15, 0.2) is 6.07 Å². The first-order valence-electron chi connectivity index (χ1n) is 7.44. The molecular weight excluding hydrogens is 248 g/mol. The topological polar surface area (TPSA) is 26.3 Å². The highest BCUT2D eigenvalue weighted by Crippen LogP contribution is 2.55. The maximum atomic E-state index is 11.4. The first kappa shape index (κ1) is 15.1. The molecule has 0 aromatic heterocycles. The van der Waals surface area contributed by atoms with E-state index in [0.29, 0.717) is 29.1 Å². The van der Waals surface area contributed by atoms with Crippen LogP contribution >= 0.6 is 0 Å². The molecule has 2 unspecified atom stereocenters. The zero-order valence-corrected chi connectivity index (χ0v) is 13.7. The summed E-state index contributed by atoms with van der Waals surface area (Å²) in [5.74, 6) is 2.37. The fraction of sp³-hybridized carbons (Fsp3) is 0.611. The first-order chi connectivity index (χ1) is 9.27. The lowest BCUT2D eigenvalue weighted by atomic mass is 9.74. The summed E-state index contributed by atoms with van der Waals surface area (Å²) >= 11 is 0. The lowest BCUT2D eigenvalue weighted by Crippen LogP contribution is -2.25. The number of fused-ring (bicyclic) bond motifs is 1. The Balaban J connectivity index is 2.80. The van der Waals surface area contributed by atoms with Crippen molar-refractivity contribution in [2.45, 2.75) is 52.9 Å². The highest BCUT2D eigenvalue weighted by atomic mass is 16.5. The highest BCUT2D eigenvalue weighted by Gasteiger charge is 2.46. The molecule has 1 aliphatic rings. The Morgan fingerprint density at radius 2 is 1.95 bits per heavy atom. The predicted octanol–water partition coefficient (Wildman–Crippen LogP) is 4.48. The van der Waals surface area contributed by atoms with Crippen LogP contribution in [0.25, 0.3) is 0 Å². The van der Waals surface area contributed by atoms with E-state index in [1.807, 2.05) is 0 Å². The van der Waals surface area contributed by atoms with Gasteiger partial charge in [0.05, 0.1) is 12.7 Å². The Morgan fingerprint density at radius 3 is 2.40 bits per heavy atom. The zero-order valence-electron chi connectivity index (χ0n) is 13.7. The molecule has 110 valence electrons. The van der Waals surface area contributed by atoms with Gasteiger partial charge in [-0.1, -0.05) is 34.6 Å². The summed E-state index contributed by atoms with van der Waals surface area (Å²) in [5, 5.41) is 0. The Labute approximate surface area is 122 Å². The Kier molecular flexibility index (Phi) is 3.70. The number of aldehydes is 1. The number of carbonyl (C=O) groups is 1. The first-order valence-corrected chi connectivity index (χ1v) is 7.44. The molecule has 2 atom stereocenters. The molecule has 2 rings (SSSR count). The Bertz CT molecular complexity index is 541. The molecule has 0 N–H and O–H groups in total. The van der Waals surface area contributed by atoms with Crippen molar-refractivity contribution in [2.75, 3.05) is 7.11 Å². The van der Waals surface area contributed by atoms with E-state index in [0.717, 1.165) is 11.8 Å². The van der Waals surface area contributed by atoms with Crippen LogP contribution in [-0.4, -0.2) is 13.4 Å². The number of methoxy groups -OCH3 is 1. The smallest absolute Gasteiger partial charge is 0.154 e. The van der Waals surface area contributed by atoms with Crippen molar-refractivity contribution in [1.82, 2.24) is 0 Å². The quantitative estimate of drug-likeness (QED) is 0.759. The van der Waals surface area contributed by atoms with Gasteiger partial charge in [0.2, 0.25) is 0 Å². The third-order valence-electron chi connectivity index (χ3n) is 5.36. The largest absolute Gasteiger partial charge is 0.496 e. The van der Waals surface area contributed by atoms with Crippen LogP contribution in [0.1, 0.15) is 67.6 Å². The van der Waals surface area contributed by atoms with E-state index in [2.05, 4.69) is 47.6 Å². The van der Waals surface area contributed by atoms with Crippen LogP contribution in [0.2, 0.25) is 0 Å². The molecule has 1 aromatic carbocycles. The molecule has 0 fully saturated rings. The molecule has 2 heteroatoms. The Morgan fingerprint density at radius 1 is 1.35 bits per heavy atom. The molecule has 0 bridgehead atoms. The number of rotatable bonds is 3. The van der Waals surface area contributed by atoms with Gasteiger partial charge >= 0.3 is 0 Å². The van der Waals surface area contributed by atoms with Crippen LogP contribution in [-0.2, 0) is 5.41 Å². The van der Waals surface area contributed by atoms with Crippen LogP contribution in [0.4, 0.5) is 0 Å². The van der Waals surface area contributed by atoms with Crippen LogP contribution < -0.4 is 4.74 Å². The van der Waals surface area contributed by atoms with Crippen molar-refractivity contribution in [2.24, 2.45) is 11.8 Å². The summed E-state index contributed by atoms with van der Waals surface area (Å²) in [6.45, 7) is 13.5. The number of carbonyl (C=O) groups excluding carboxylic acids is 1. The highest BCUT2D eigenvalue weighted by molar-refractivity contribution is 5.83. The van der Waals surface area contributed by atoms with Crippen LogP contribution in [0.5, 0.6) is 5.75 Å². The van der Waals surface area contributed by atoms with Gasteiger partial charge in [-0.3, -0.25) is 4.79 Å². The second-order valence-electron chi connectivity index (χ2n) is 6.98. The summed E-state index contributed by atoms with van der Waals surface area (Å²) in [5.41, 5.74) is 4.62. The van der Waals surface area contributed by atoms with E-state index in [9.17, 15) is 4.79 Å². The van der Waals surface area contributed by atoms with E-state index in [4.69, 9.17) is 4.74 Å². The molecule has 1 aliphatic carbocycles. The lowest BCUT2D eigenvalue weighted by molar-refractivity contribution is 0.112. The number of ether oxygens (including phenoxy) is 1. The van der Waals surface area contributed by atoms with Gasteiger partial charge in [0, 0.05) is 0 Å². The maximum absolute atomic E-state index is 11.4. The molecule has 0 heterocycles. The second-order valence-corrected chi connectivity index (χ2v) is 6.98. The third-order valence-corrected chi connectivity index (χ3v) is 5.36. The minimum absolute atomic E-state index is 0.0956. The van der Waals surface area contributed by atoms with Gasteiger partial charge in [-0.25, -0.2) is 0 Å². The number of hydrogen-bond donors (Lipinski definition) is 0. The van der Waals surface area contributed by atoms with Gasteiger partial charge in [0.25, 0.3) is 0 Å². The molecule has 0 saturated heterocycles. The summed E-state index contributed by atoms with van der Waals surface area (Å²) in [6, 6.07) is 2.10. The molecule has 0 amide bonds. The standard InChI is InChI=1S/C18H26O2/c1-10(2)16-12(4)18(5,6)17-11(3)14(9-19)15(20-7)8-13(16)17/h8-10,12,16H,1-7H3. The monoisotopic (exact) mass is 274 g/mol. The minimum Gasteiger partial charge on any atom is -0.496 e. The maximum Gasteiger partial charge on any atom is 0.154 e. The second kappa shape index (κ2) is 4.91. The van der Waals surface area contributed by atoms with Crippen molar-refractivity contribution >= 4 is 6.29 Å². The van der Waals surface area contributed by atoms with Gasteiger partial charge in [0.15, 0.2) is 6.29 Å². The minimum atomic E-state index is 0.0956. The summed E-state index contributed by atoms with van der Waals surface area (Å²) < 4.78 is 5.44. The van der Waals surface area contributed by atoms with E-state index in [-0.39, 0.29) is 5.41 Å². The average Bonchev–Trinajstić information content (AvgIpc) is 2.56. The molecule has 0 radical (unpaired) electrons. The number of benzene rings is 1. The summed E-state index contributed by atoms with van der Waals surface area (Å²) in [4.78, 5) is 11.4. The van der Waals surface area contributed by atoms with Gasteiger partial charge in [-0.15, -0.1) is 0 Å². The molecule has 0 spiro atoms. The Hall–Kier alpha value is -1.31. The van der Waals surface area contributed by atoms with Gasteiger partial charge < -0.3 is 4.74 Å². The molecular formula is C18H26O2. The van der Waals surface area contributed by atoms with E-state index >= 15 is 0 Å². The van der Waals surface area contributed by atoms with Gasteiger partial charge in [-0.2, -0.15) is 0 Å².